The highest BCUT2D eigenvalue weighted by Gasteiger charge is 2.19. The van der Waals surface area contributed by atoms with Crippen molar-refractivity contribution < 1.29 is 4.79 Å². The van der Waals surface area contributed by atoms with Crippen molar-refractivity contribution in [2.24, 2.45) is 0 Å². The number of fused-ring (bicyclic) bond motifs is 1. The Bertz CT molecular complexity index is 827. The Morgan fingerprint density at radius 3 is 2.80 bits per heavy atom. The van der Waals surface area contributed by atoms with Gasteiger partial charge in [0.25, 0.3) is 0 Å². The van der Waals surface area contributed by atoms with E-state index in [-0.39, 0.29) is 11.6 Å². The number of ketones is 1. The first kappa shape index (κ1) is 12.6. The third-order valence-electron chi connectivity index (χ3n) is 2.93. The molecule has 20 heavy (non-hydrogen) atoms. The van der Waals surface area contributed by atoms with Gasteiger partial charge in [0.1, 0.15) is 16.4 Å². The molecule has 0 amide bonds. The molecule has 7 heteroatoms. The standard InChI is InChI=1S/C13H10BrN5O/c14-10-5-9(11-13(16)17-6-18-19(10)11)12(20)7-2-1-3-8(15)4-7/h1-6H,15H2,(H2,16,17,18). The average Bonchev–Trinajstić information content (AvgIpc) is 2.77. The second-order valence-corrected chi connectivity index (χ2v) is 5.05. The number of rotatable bonds is 2. The molecule has 0 radical (unpaired) electrons. The Balaban J connectivity index is 2.22. The molecule has 1 aromatic carbocycles. The van der Waals surface area contributed by atoms with Crippen molar-refractivity contribution in [3.63, 3.8) is 0 Å². The van der Waals surface area contributed by atoms with Crippen LogP contribution in [0.2, 0.25) is 0 Å². The number of halogens is 1. The van der Waals surface area contributed by atoms with Crippen molar-refractivity contribution >= 4 is 38.7 Å². The first-order valence-corrected chi connectivity index (χ1v) is 6.55. The normalized spacial score (nSPS) is 10.8. The van der Waals surface area contributed by atoms with Gasteiger partial charge in [-0.05, 0) is 34.1 Å². The third-order valence-corrected chi connectivity index (χ3v) is 3.50. The molecular formula is C13H10BrN5O. The molecule has 3 aromatic rings. The van der Waals surface area contributed by atoms with Crippen LogP contribution in [0.3, 0.4) is 0 Å². The number of aromatic nitrogens is 3. The van der Waals surface area contributed by atoms with Crippen molar-refractivity contribution in [2.45, 2.75) is 0 Å². The largest absolute Gasteiger partial charge is 0.399 e. The van der Waals surface area contributed by atoms with Gasteiger partial charge in [-0.3, -0.25) is 4.79 Å². The number of carbonyl (C=O) groups excluding carboxylic acids is 1. The van der Waals surface area contributed by atoms with Gasteiger partial charge in [-0.25, -0.2) is 9.50 Å². The van der Waals surface area contributed by atoms with E-state index in [1.165, 1.54) is 10.8 Å². The monoisotopic (exact) mass is 331 g/mol. The average molecular weight is 332 g/mol. The quantitative estimate of drug-likeness (QED) is 0.551. The van der Waals surface area contributed by atoms with Crippen molar-refractivity contribution in [3.05, 3.63) is 52.4 Å². The molecule has 0 bridgehead atoms. The molecule has 0 atom stereocenters. The highest BCUT2D eigenvalue weighted by molar-refractivity contribution is 9.10. The maximum absolute atomic E-state index is 12.6. The van der Waals surface area contributed by atoms with E-state index in [0.29, 0.717) is 26.9 Å². The number of anilines is 2. The number of nitrogens with zero attached hydrogens (tertiary/aromatic N) is 3. The summed E-state index contributed by atoms with van der Waals surface area (Å²) in [5.74, 6) is 0.0694. The first-order chi connectivity index (χ1) is 9.58. The van der Waals surface area contributed by atoms with Gasteiger partial charge in [0, 0.05) is 11.3 Å². The summed E-state index contributed by atoms with van der Waals surface area (Å²) in [6.07, 6.45) is 1.34. The molecule has 0 fully saturated rings. The van der Waals surface area contributed by atoms with Crippen LogP contribution in [-0.4, -0.2) is 20.4 Å². The van der Waals surface area contributed by atoms with Crippen LogP contribution in [0.5, 0.6) is 0 Å². The Kier molecular flexibility index (Phi) is 2.90. The summed E-state index contributed by atoms with van der Waals surface area (Å²) in [4.78, 5) is 16.5. The lowest BCUT2D eigenvalue weighted by atomic mass is 10.0. The minimum Gasteiger partial charge on any atom is -0.399 e. The Morgan fingerprint density at radius 2 is 2.05 bits per heavy atom. The van der Waals surface area contributed by atoms with Crippen LogP contribution in [0.4, 0.5) is 11.5 Å². The summed E-state index contributed by atoms with van der Waals surface area (Å²) in [6, 6.07) is 8.46. The van der Waals surface area contributed by atoms with Gasteiger partial charge in [0.2, 0.25) is 0 Å². The van der Waals surface area contributed by atoms with Crippen molar-refractivity contribution in [1.82, 2.24) is 14.6 Å². The first-order valence-electron chi connectivity index (χ1n) is 5.76. The smallest absolute Gasteiger partial charge is 0.195 e. The fourth-order valence-corrected chi connectivity index (χ4v) is 2.54. The van der Waals surface area contributed by atoms with Crippen molar-refractivity contribution in [1.29, 1.82) is 0 Å². The maximum atomic E-state index is 12.6. The zero-order valence-electron chi connectivity index (χ0n) is 10.2. The zero-order valence-corrected chi connectivity index (χ0v) is 11.8. The zero-order chi connectivity index (χ0) is 14.3. The van der Waals surface area contributed by atoms with Gasteiger partial charge in [-0.1, -0.05) is 12.1 Å². The molecule has 100 valence electrons. The second-order valence-electron chi connectivity index (χ2n) is 4.24. The van der Waals surface area contributed by atoms with Gasteiger partial charge < -0.3 is 11.5 Å². The fraction of sp³-hybridized carbons (Fsp3) is 0. The van der Waals surface area contributed by atoms with E-state index in [0.717, 1.165) is 0 Å². The van der Waals surface area contributed by atoms with Gasteiger partial charge in [0.15, 0.2) is 11.6 Å². The predicted octanol–water partition coefficient (Wildman–Crippen LogP) is 1.89. The summed E-state index contributed by atoms with van der Waals surface area (Å²) < 4.78 is 2.16. The molecule has 4 N–H and O–H groups in total. The summed E-state index contributed by atoms with van der Waals surface area (Å²) in [5, 5.41) is 4.06. The highest BCUT2D eigenvalue weighted by atomic mass is 79.9. The molecular weight excluding hydrogens is 322 g/mol. The topological polar surface area (TPSA) is 99.3 Å². The van der Waals surface area contributed by atoms with Crippen LogP contribution in [-0.2, 0) is 0 Å². The van der Waals surface area contributed by atoms with Gasteiger partial charge in [-0.2, -0.15) is 5.10 Å². The van der Waals surface area contributed by atoms with Gasteiger partial charge >= 0.3 is 0 Å². The van der Waals surface area contributed by atoms with Crippen molar-refractivity contribution in [3.8, 4) is 0 Å². The number of nitrogens with two attached hydrogens (primary N) is 2. The molecule has 3 rings (SSSR count). The number of carbonyl (C=O) groups is 1. The Morgan fingerprint density at radius 1 is 1.25 bits per heavy atom. The van der Waals surface area contributed by atoms with Crippen LogP contribution < -0.4 is 11.5 Å². The summed E-state index contributed by atoms with van der Waals surface area (Å²) in [5.41, 5.74) is 13.5. The molecule has 0 aliphatic heterocycles. The fourth-order valence-electron chi connectivity index (χ4n) is 2.04. The number of nitrogen functional groups attached to an aromatic ring is 2. The van der Waals surface area contributed by atoms with E-state index < -0.39 is 0 Å². The Hall–Kier alpha value is -2.41. The summed E-state index contributed by atoms with van der Waals surface area (Å²) in [6.45, 7) is 0. The minimum absolute atomic E-state index is 0.179. The second kappa shape index (κ2) is 4.61. The van der Waals surface area contributed by atoms with E-state index in [4.69, 9.17) is 11.5 Å². The van der Waals surface area contributed by atoms with E-state index in [1.54, 1.807) is 30.3 Å². The SMILES string of the molecule is Nc1cccc(C(=O)c2cc(Br)n3ncnc(N)c23)c1. The molecule has 0 saturated heterocycles. The summed E-state index contributed by atoms with van der Waals surface area (Å²) >= 11 is 3.35. The molecule has 0 spiro atoms. The van der Waals surface area contributed by atoms with Crippen molar-refractivity contribution in [2.75, 3.05) is 11.5 Å². The number of benzene rings is 1. The van der Waals surface area contributed by atoms with Crippen LogP contribution in [0, 0.1) is 0 Å². The maximum Gasteiger partial charge on any atom is 0.195 e. The van der Waals surface area contributed by atoms with Crippen LogP contribution >= 0.6 is 15.9 Å². The lowest BCUT2D eigenvalue weighted by Gasteiger charge is -2.03. The molecule has 0 aliphatic rings. The van der Waals surface area contributed by atoms with E-state index in [9.17, 15) is 4.79 Å². The van der Waals surface area contributed by atoms with Crippen LogP contribution in [0.1, 0.15) is 15.9 Å². The molecule has 6 nitrogen and oxygen atoms in total. The minimum atomic E-state index is -0.179. The highest BCUT2D eigenvalue weighted by Crippen LogP contribution is 2.26. The third kappa shape index (κ3) is 1.92. The number of hydrogen-bond donors (Lipinski definition) is 2. The van der Waals surface area contributed by atoms with Gasteiger partial charge in [0.05, 0.1) is 5.56 Å². The van der Waals surface area contributed by atoms with Crippen LogP contribution in [0.25, 0.3) is 5.52 Å². The lowest BCUT2D eigenvalue weighted by molar-refractivity contribution is 0.104. The van der Waals surface area contributed by atoms with E-state index in [1.807, 2.05) is 0 Å². The van der Waals surface area contributed by atoms with Crippen LogP contribution in [0.15, 0.2) is 41.3 Å². The number of hydrogen-bond acceptors (Lipinski definition) is 5. The molecule has 0 unspecified atom stereocenters. The van der Waals surface area contributed by atoms with Gasteiger partial charge in [-0.15, -0.1) is 0 Å². The lowest BCUT2D eigenvalue weighted by Crippen LogP contribution is -2.05. The molecule has 0 saturated carbocycles. The predicted molar refractivity (Wildman–Crippen MR) is 79.4 cm³/mol. The molecule has 0 aliphatic carbocycles. The van der Waals surface area contributed by atoms with E-state index >= 15 is 0 Å². The molecule has 2 aromatic heterocycles. The van der Waals surface area contributed by atoms with E-state index in [2.05, 4.69) is 26.0 Å². The molecule has 2 heterocycles. The summed E-state index contributed by atoms with van der Waals surface area (Å²) in [7, 11) is 0. The Labute approximate surface area is 122 Å².